The minimum Gasteiger partial charge on any atom is -0.508 e. The molecule has 154 valence electrons. The van der Waals surface area contributed by atoms with Crippen LogP contribution in [0.25, 0.3) is 17.0 Å². The highest BCUT2D eigenvalue weighted by molar-refractivity contribution is 5.85. The molecule has 0 fully saturated rings. The van der Waals surface area contributed by atoms with E-state index in [1.165, 1.54) is 11.1 Å². The Morgan fingerprint density at radius 3 is 2.47 bits per heavy atom. The van der Waals surface area contributed by atoms with Crippen molar-refractivity contribution in [3.8, 4) is 0 Å². The van der Waals surface area contributed by atoms with Crippen molar-refractivity contribution in [2.45, 2.75) is 27.2 Å². The summed E-state index contributed by atoms with van der Waals surface area (Å²) in [6, 6.07) is 12.1. The quantitative estimate of drug-likeness (QED) is 0.472. The summed E-state index contributed by atoms with van der Waals surface area (Å²) < 4.78 is 0. The van der Waals surface area contributed by atoms with Gasteiger partial charge in [-0.3, -0.25) is 0 Å². The second-order valence-electron chi connectivity index (χ2n) is 8.09. The molecular weight excluding hydrogens is 368 g/mol. The Labute approximate surface area is 179 Å². The number of aliphatic hydroxyl groups excluding tert-OH is 1. The second kappa shape index (κ2) is 8.50. The molecule has 0 heterocycles. The van der Waals surface area contributed by atoms with Gasteiger partial charge in [0, 0.05) is 28.2 Å². The number of nitrogens with one attached hydrogen (secondary N) is 1. The summed E-state index contributed by atoms with van der Waals surface area (Å²) in [5.41, 5.74) is 15.1. The van der Waals surface area contributed by atoms with Gasteiger partial charge < -0.3 is 16.2 Å². The van der Waals surface area contributed by atoms with Crippen LogP contribution < -0.4 is 11.1 Å². The van der Waals surface area contributed by atoms with Gasteiger partial charge in [-0.1, -0.05) is 68.6 Å². The Hall–Kier alpha value is -3.46. The van der Waals surface area contributed by atoms with Crippen molar-refractivity contribution in [1.29, 1.82) is 0 Å². The first-order valence-electron chi connectivity index (χ1n) is 10.1. The molecule has 3 heteroatoms. The van der Waals surface area contributed by atoms with Gasteiger partial charge in [0.2, 0.25) is 0 Å². The van der Waals surface area contributed by atoms with Gasteiger partial charge in [-0.25, -0.2) is 0 Å². The van der Waals surface area contributed by atoms with E-state index in [0.29, 0.717) is 17.2 Å². The number of hydrogen-bond donors (Lipinski definition) is 3. The molecule has 0 spiro atoms. The predicted molar refractivity (Wildman–Crippen MR) is 130 cm³/mol. The zero-order valence-corrected chi connectivity index (χ0v) is 18.0. The molecule has 0 radical (unpaired) electrons. The monoisotopic (exact) mass is 398 g/mol. The van der Waals surface area contributed by atoms with E-state index in [2.05, 4.69) is 76.2 Å². The number of benzene rings is 2. The maximum atomic E-state index is 10.3. The van der Waals surface area contributed by atoms with Crippen LogP contribution in [-0.4, -0.2) is 5.11 Å². The van der Waals surface area contributed by atoms with Crippen LogP contribution in [0, 0.1) is 19.8 Å². The van der Waals surface area contributed by atoms with Crippen LogP contribution in [0.15, 0.2) is 79.6 Å². The molecule has 4 N–H and O–H groups in total. The molecule has 2 aromatic carbocycles. The van der Waals surface area contributed by atoms with E-state index in [1.54, 1.807) is 0 Å². The summed E-state index contributed by atoms with van der Waals surface area (Å²) in [7, 11) is 0. The summed E-state index contributed by atoms with van der Waals surface area (Å²) in [4.78, 5) is 0. The van der Waals surface area contributed by atoms with Gasteiger partial charge in [-0.2, -0.15) is 0 Å². The molecule has 1 aliphatic carbocycles. The van der Waals surface area contributed by atoms with E-state index < -0.39 is 0 Å². The Morgan fingerprint density at radius 1 is 1.10 bits per heavy atom. The van der Waals surface area contributed by atoms with Gasteiger partial charge in [0.25, 0.3) is 0 Å². The summed E-state index contributed by atoms with van der Waals surface area (Å²) >= 11 is 0. The zero-order chi connectivity index (χ0) is 22.0. The van der Waals surface area contributed by atoms with E-state index in [4.69, 9.17) is 5.73 Å². The van der Waals surface area contributed by atoms with Gasteiger partial charge in [-0.15, -0.1) is 0 Å². The topological polar surface area (TPSA) is 58.3 Å². The standard InChI is InChI=1S/C27H30N2O/c1-16-8-12-27(18(3)13-16)29-20(5)23-10-7-17(2)14-26(23)24-11-9-22(19(4)28)15-25(24)21(6)30/h7-13,15,17,29-30H,4-6,14,28H2,1-3H3. The van der Waals surface area contributed by atoms with Gasteiger partial charge in [0.15, 0.2) is 0 Å². The summed E-state index contributed by atoms with van der Waals surface area (Å²) in [5, 5.41) is 13.8. The van der Waals surface area contributed by atoms with Crippen LogP contribution in [0.3, 0.4) is 0 Å². The third kappa shape index (κ3) is 4.41. The SMILES string of the molecule is C=C(Nc1ccc(C)cc1C)C1=C(c2ccc(C(=C)N)cc2C(=C)O)CC(C)C=C1. The Balaban J connectivity index is 2.09. The lowest BCUT2D eigenvalue weighted by molar-refractivity contribution is 0.513. The van der Waals surface area contributed by atoms with E-state index in [9.17, 15) is 5.11 Å². The molecule has 3 nitrogen and oxygen atoms in total. The van der Waals surface area contributed by atoms with Crippen LogP contribution in [0.5, 0.6) is 0 Å². The first kappa shape index (κ1) is 21.3. The Kier molecular flexibility index (Phi) is 6.02. The number of anilines is 1. The van der Waals surface area contributed by atoms with E-state index in [-0.39, 0.29) is 5.76 Å². The van der Waals surface area contributed by atoms with Crippen molar-refractivity contribution in [3.05, 3.63) is 107 Å². The molecule has 30 heavy (non-hydrogen) atoms. The molecule has 0 bridgehead atoms. The molecule has 0 saturated carbocycles. The third-order valence-electron chi connectivity index (χ3n) is 5.46. The molecule has 3 rings (SSSR count). The zero-order valence-electron chi connectivity index (χ0n) is 18.0. The lowest BCUT2D eigenvalue weighted by Gasteiger charge is -2.25. The van der Waals surface area contributed by atoms with E-state index in [1.807, 2.05) is 18.2 Å². The van der Waals surface area contributed by atoms with E-state index >= 15 is 0 Å². The van der Waals surface area contributed by atoms with Crippen molar-refractivity contribution in [1.82, 2.24) is 0 Å². The largest absolute Gasteiger partial charge is 0.508 e. The molecule has 1 atom stereocenters. The highest BCUT2D eigenvalue weighted by atomic mass is 16.3. The maximum Gasteiger partial charge on any atom is 0.116 e. The van der Waals surface area contributed by atoms with Gasteiger partial charge in [-0.05, 0) is 60.6 Å². The summed E-state index contributed by atoms with van der Waals surface area (Å²) in [6.07, 6.45) is 5.14. The van der Waals surface area contributed by atoms with Crippen LogP contribution in [0.4, 0.5) is 5.69 Å². The molecule has 1 unspecified atom stereocenters. The van der Waals surface area contributed by atoms with Gasteiger partial charge >= 0.3 is 0 Å². The third-order valence-corrected chi connectivity index (χ3v) is 5.46. The average Bonchev–Trinajstić information content (AvgIpc) is 2.69. The number of aliphatic hydroxyl groups is 1. The smallest absolute Gasteiger partial charge is 0.116 e. The van der Waals surface area contributed by atoms with E-state index in [0.717, 1.165) is 40.1 Å². The van der Waals surface area contributed by atoms with Crippen LogP contribution in [0.2, 0.25) is 0 Å². The van der Waals surface area contributed by atoms with Gasteiger partial charge in [0.1, 0.15) is 5.76 Å². The molecular formula is C27H30N2O. The van der Waals surface area contributed by atoms with Crippen molar-refractivity contribution < 1.29 is 5.11 Å². The molecule has 0 saturated heterocycles. The first-order valence-corrected chi connectivity index (χ1v) is 10.1. The Morgan fingerprint density at radius 2 is 1.83 bits per heavy atom. The predicted octanol–water partition coefficient (Wildman–Crippen LogP) is 6.74. The van der Waals surface area contributed by atoms with Crippen molar-refractivity contribution in [2.75, 3.05) is 5.32 Å². The average molecular weight is 399 g/mol. The summed E-state index contributed by atoms with van der Waals surface area (Å²) in [5.74, 6) is 0.386. The highest BCUT2D eigenvalue weighted by Gasteiger charge is 2.21. The lowest BCUT2D eigenvalue weighted by Crippen LogP contribution is -2.10. The maximum absolute atomic E-state index is 10.3. The number of allylic oxidation sites excluding steroid dienone is 3. The fourth-order valence-electron chi connectivity index (χ4n) is 3.83. The molecule has 0 amide bonds. The fourth-order valence-corrected chi connectivity index (χ4v) is 3.83. The van der Waals surface area contributed by atoms with Crippen LogP contribution >= 0.6 is 0 Å². The highest BCUT2D eigenvalue weighted by Crippen LogP contribution is 2.38. The Bertz CT molecular complexity index is 1100. The number of nitrogens with two attached hydrogens (primary N) is 1. The fraction of sp³-hybridized carbons (Fsp3) is 0.185. The van der Waals surface area contributed by atoms with Crippen molar-refractivity contribution in [2.24, 2.45) is 11.7 Å². The minimum atomic E-state index is 0.00936. The molecule has 0 aliphatic heterocycles. The molecule has 2 aromatic rings. The number of rotatable bonds is 6. The summed E-state index contributed by atoms with van der Waals surface area (Å²) in [6.45, 7) is 18.2. The molecule has 1 aliphatic rings. The normalized spacial score (nSPS) is 15.8. The second-order valence-corrected chi connectivity index (χ2v) is 8.09. The first-order chi connectivity index (χ1) is 14.2. The number of aryl methyl sites for hydroxylation is 2. The van der Waals surface area contributed by atoms with Crippen LogP contribution in [0.1, 0.15) is 41.2 Å². The van der Waals surface area contributed by atoms with Crippen LogP contribution in [-0.2, 0) is 0 Å². The minimum absolute atomic E-state index is 0.00936. The number of hydrogen-bond acceptors (Lipinski definition) is 3. The van der Waals surface area contributed by atoms with Crippen molar-refractivity contribution >= 4 is 22.7 Å². The van der Waals surface area contributed by atoms with Crippen molar-refractivity contribution in [3.63, 3.8) is 0 Å². The van der Waals surface area contributed by atoms with Gasteiger partial charge in [0.05, 0.1) is 0 Å². The molecule has 0 aromatic heterocycles. The lowest BCUT2D eigenvalue weighted by atomic mass is 9.83.